The van der Waals surface area contributed by atoms with Gasteiger partial charge in [-0.2, -0.15) is 0 Å². The number of hydrogen-bond acceptors (Lipinski definition) is 7. The van der Waals surface area contributed by atoms with Crippen LogP contribution in [0.4, 0.5) is 5.69 Å². The Morgan fingerprint density at radius 3 is 2.34 bits per heavy atom. The maximum absolute atomic E-state index is 13.1. The molecule has 35 heavy (non-hydrogen) atoms. The van der Waals surface area contributed by atoms with E-state index in [1.807, 2.05) is 30.3 Å². The van der Waals surface area contributed by atoms with Crippen molar-refractivity contribution < 1.29 is 9.15 Å². The van der Waals surface area contributed by atoms with Crippen LogP contribution < -0.4 is 21.4 Å². The fourth-order valence-corrected chi connectivity index (χ4v) is 4.08. The number of hydrogen-bond donors (Lipinski definition) is 2. The molecule has 0 atom stereocenters. The lowest BCUT2D eigenvalue weighted by Crippen LogP contribution is -2.24. The molecule has 0 unspecified atom stereocenters. The van der Waals surface area contributed by atoms with Gasteiger partial charge in [0.25, 0.3) is 5.56 Å². The Balaban J connectivity index is 1.48. The second kappa shape index (κ2) is 9.65. The summed E-state index contributed by atoms with van der Waals surface area (Å²) in [6, 6.07) is 19.8. The molecule has 0 saturated carbocycles. The van der Waals surface area contributed by atoms with Gasteiger partial charge in [-0.1, -0.05) is 65.7 Å². The molecule has 176 valence electrons. The average Bonchev–Trinajstić information content (AvgIpc) is 3.28. The van der Waals surface area contributed by atoms with E-state index in [4.69, 9.17) is 32.4 Å². The quantitative estimate of drug-likeness (QED) is 0.322. The molecule has 0 spiro atoms. The summed E-state index contributed by atoms with van der Waals surface area (Å²) < 4.78 is 12.3. The third-order valence-electron chi connectivity index (χ3n) is 5.13. The summed E-state index contributed by atoms with van der Waals surface area (Å²) >= 11 is 13.0. The molecule has 5 rings (SSSR count). The highest BCUT2D eigenvalue weighted by molar-refractivity contribution is 6.37. The summed E-state index contributed by atoms with van der Waals surface area (Å²) in [4.78, 5) is 24.1. The third-order valence-corrected chi connectivity index (χ3v) is 5.69. The van der Waals surface area contributed by atoms with Crippen LogP contribution in [0.15, 0.2) is 80.7 Å². The predicted molar refractivity (Wildman–Crippen MR) is 133 cm³/mol. The van der Waals surface area contributed by atoms with Crippen molar-refractivity contribution in [3.05, 3.63) is 109 Å². The van der Waals surface area contributed by atoms with E-state index in [0.29, 0.717) is 16.5 Å². The molecule has 0 aliphatic carbocycles. The Morgan fingerprint density at radius 2 is 1.66 bits per heavy atom. The summed E-state index contributed by atoms with van der Waals surface area (Å²) in [7, 11) is 0. The van der Waals surface area contributed by atoms with Crippen LogP contribution in [0.25, 0.3) is 10.8 Å². The van der Waals surface area contributed by atoms with E-state index >= 15 is 0 Å². The number of rotatable bonds is 7. The summed E-state index contributed by atoms with van der Waals surface area (Å²) in [5, 5.41) is 14.8. The minimum Gasteiger partial charge on any atom is -0.434 e. The van der Waals surface area contributed by atoms with Crippen LogP contribution in [-0.2, 0) is 13.1 Å². The molecule has 2 aromatic heterocycles. The third kappa shape index (κ3) is 4.91. The van der Waals surface area contributed by atoms with E-state index in [1.165, 1.54) is 4.68 Å². The van der Waals surface area contributed by atoms with Gasteiger partial charge in [0.15, 0.2) is 5.75 Å². The van der Waals surface area contributed by atoms with Gasteiger partial charge in [-0.25, -0.2) is 14.6 Å². The average molecular weight is 510 g/mol. The van der Waals surface area contributed by atoms with Gasteiger partial charge in [0.05, 0.1) is 33.9 Å². The molecule has 2 N–H and O–H groups in total. The highest BCUT2D eigenvalue weighted by Crippen LogP contribution is 2.39. The second-order valence-corrected chi connectivity index (χ2v) is 8.35. The summed E-state index contributed by atoms with van der Waals surface area (Å²) in [5.41, 5.74) is 1.24. The SMILES string of the molecule is O=c1[nH]nc(CNc2cc(Cl)c(Oc3nn(Cc4ccccc4)c(=O)c4ccccc34)c(Cl)c2)o1. The molecular formula is C24H17Cl2N5O4. The molecule has 5 aromatic rings. The first-order chi connectivity index (χ1) is 17.0. The lowest BCUT2D eigenvalue weighted by atomic mass is 10.2. The number of aromatic nitrogens is 4. The number of benzene rings is 3. The molecule has 9 nitrogen and oxygen atoms in total. The van der Waals surface area contributed by atoms with E-state index < -0.39 is 5.76 Å². The Hall–Kier alpha value is -4.08. The standard InChI is InChI=1S/C24H17Cl2N5O4/c25-18-10-15(27-12-20-28-29-24(33)34-20)11-19(26)21(18)35-22-16-8-4-5-9-17(16)23(32)31(30-22)13-14-6-2-1-3-7-14/h1-11,27H,12-13H2,(H,29,33). The van der Waals surface area contributed by atoms with Crippen molar-refractivity contribution in [3.63, 3.8) is 0 Å². The maximum atomic E-state index is 13.1. The number of aromatic amines is 1. The fraction of sp³-hybridized carbons (Fsp3) is 0.0833. The van der Waals surface area contributed by atoms with E-state index in [-0.39, 0.29) is 46.2 Å². The zero-order valence-corrected chi connectivity index (χ0v) is 19.5. The van der Waals surface area contributed by atoms with Gasteiger partial charge < -0.3 is 14.5 Å². The summed E-state index contributed by atoms with van der Waals surface area (Å²) in [5.74, 6) is -0.0828. The molecule has 11 heteroatoms. The van der Waals surface area contributed by atoms with Crippen molar-refractivity contribution in [2.75, 3.05) is 5.32 Å². The van der Waals surface area contributed by atoms with Crippen LogP contribution in [-0.4, -0.2) is 20.0 Å². The number of nitrogens with one attached hydrogen (secondary N) is 2. The topological polar surface area (TPSA) is 115 Å². The van der Waals surface area contributed by atoms with Crippen molar-refractivity contribution in [3.8, 4) is 11.6 Å². The first kappa shape index (κ1) is 22.7. The Bertz CT molecular complexity index is 1610. The molecule has 0 amide bonds. The number of H-pyrrole nitrogens is 1. The number of nitrogens with zero attached hydrogens (tertiary/aromatic N) is 3. The van der Waals surface area contributed by atoms with Gasteiger partial charge in [-0.3, -0.25) is 4.79 Å². The fourth-order valence-electron chi connectivity index (χ4n) is 3.51. The summed E-state index contributed by atoms with van der Waals surface area (Å²) in [6.07, 6.45) is 0. The molecule has 0 saturated heterocycles. The van der Waals surface area contributed by atoms with E-state index in [1.54, 1.807) is 36.4 Å². The van der Waals surface area contributed by atoms with E-state index in [9.17, 15) is 9.59 Å². The lowest BCUT2D eigenvalue weighted by molar-refractivity contribution is 0.443. The van der Waals surface area contributed by atoms with Crippen LogP contribution in [0.3, 0.4) is 0 Å². The second-order valence-electron chi connectivity index (χ2n) is 7.53. The molecule has 0 bridgehead atoms. The predicted octanol–water partition coefficient (Wildman–Crippen LogP) is 4.83. The van der Waals surface area contributed by atoms with Crippen LogP contribution in [0, 0.1) is 0 Å². The zero-order chi connectivity index (χ0) is 24.4. The maximum Gasteiger partial charge on any atom is 0.434 e. The molecule has 0 aliphatic heterocycles. The van der Waals surface area contributed by atoms with Crippen molar-refractivity contribution in [1.82, 2.24) is 20.0 Å². The lowest BCUT2D eigenvalue weighted by Gasteiger charge is -2.15. The molecule has 3 aromatic carbocycles. The smallest absolute Gasteiger partial charge is 0.434 e. The van der Waals surface area contributed by atoms with Gasteiger partial charge in [0.2, 0.25) is 11.8 Å². The van der Waals surface area contributed by atoms with E-state index in [2.05, 4.69) is 20.6 Å². The monoisotopic (exact) mass is 509 g/mol. The van der Waals surface area contributed by atoms with Crippen LogP contribution >= 0.6 is 23.2 Å². The van der Waals surface area contributed by atoms with Crippen molar-refractivity contribution in [1.29, 1.82) is 0 Å². The van der Waals surface area contributed by atoms with E-state index in [0.717, 1.165) is 5.56 Å². The van der Waals surface area contributed by atoms with Gasteiger partial charge in [-0.05, 0) is 29.8 Å². The first-order valence-corrected chi connectivity index (χ1v) is 11.2. The molecule has 0 fully saturated rings. The molecular weight excluding hydrogens is 493 g/mol. The minimum absolute atomic E-state index is 0.141. The van der Waals surface area contributed by atoms with Crippen LogP contribution in [0.5, 0.6) is 11.6 Å². The largest absolute Gasteiger partial charge is 0.434 e. The van der Waals surface area contributed by atoms with Gasteiger partial charge in [0, 0.05) is 5.69 Å². The number of ether oxygens (including phenoxy) is 1. The normalized spacial score (nSPS) is 11.0. The highest BCUT2D eigenvalue weighted by atomic mass is 35.5. The Labute approximate surface area is 207 Å². The molecule has 0 radical (unpaired) electrons. The Morgan fingerprint density at radius 1 is 0.971 bits per heavy atom. The van der Waals surface area contributed by atoms with Crippen LogP contribution in [0.2, 0.25) is 10.0 Å². The van der Waals surface area contributed by atoms with Gasteiger partial charge >= 0.3 is 5.76 Å². The number of fused-ring (bicyclic) bond motifs is 1. The first-order valence-electron chi connectivity index (χ1n) is 10.5. The molecule has 2 heterocycles. The minimum atomic E-state index is -0.644. The van der Waals surface area contributed by atoms with Crippen molar-refractivity contribution >= 4 is 39.7 Å². The Kier molecular flexibility index (Phi) is 6.26. The molecule has 0 aliphatic rings. The van der Waals surface area contributed by atoms with Gasteiger partial charge in [0.1, 0.15) is 0 Å². The van der Waals surface area contributed by atoms with Crippen LogP contribution in [0.1, 0.15) is 11.5 Å². The highest BCUT2D eigenvalue weighted by Gasteiger charge is 2.17. The van der Waals surface area contributed by atoms with Crippen molar-refractivity contribution in [2.45, 2.75) is 13.1 Å². The number of halogens is 2. The van der Waals surface area contributed by atoms with Crippen molar-refractivity contribution in [2.24, 2.45) is 0 Å². The summed E-state index contributed by atoms with van der Waals surface area (Å²) in [6.45, 7) is 0.413. The zero-order valence-electron chi connectivity index (χ0n) is 18.0. The number of anilines is 1. The van der Waals surface area contributed by atoms with Gasteiger partial charge in [-0.15, -0.1) is 10.2 Å².